The van der Waals surface area contributed by atoms with Crippen LogP contribution in [0.15, 0.2) is 0 Å². The second kappa shape index (κ2) is 13.6. The number of unbranched alkanes of at least 4 members (excludes halogenated alkanes) is 5. The zero-order valence-electron chi connectivity index (χ0n) is 15.4. The highest BCUT2D eigenvalue weighted by molar-refractivity contribution is 7.91. The molecule has 0 saturated heterocycles. The average molecular weight is 365 g/mol. The van der Waals surface area contributed by atoms with Gasteiger partial charge in [0.1, 0.15) is 9.84 Å². The maximum Gasteiger partial charge on any atom is 0.303 e. The fourth-order valence-electron chi connectivity index (χ4n) is 2.93. The molecule has 0 aliphatic heterocycles. The largest absolute Gasteiger partial charge is 0.481 e. The fraction of sp³-hybridized carbons (Fsp3) is 0.944. The molecule has 144 valence electrons. The summed E-state index contributed by atoms with van der Waals surface area (Å²) in [5.74, 6) is -0.776. The number of hydrogen-bond donors (Lipinski definition) is 2. The van der Waals surface area contributed by atoms with Crippen LogP contribution in [0, 0.1) is 0 Å². The zero-order chi connectivity index (χ0) is 18.4. The Bertz CT molecular complexity index is 419. The molecule has 0 aliphatic carbocycles. The maximum absolute atomic E-state index is 11.9. The minimum Gasteiger partial charge on any atom is -0.481 e. The van der Waals surface area contributed by atoms with Crippen LogP contribution in [-0.2, 0) is 14.6 Å². The van der Waals surface area contributed by atoms with Gasteiger partial charge in [0.2, 0.25) is 0 Å². The standard InChI is InChI=1S/C18H36O5S/c1-3-4-7-11-16(19)12-10-14-17(24(2,22)23)13-8-5-6-9-15-18(20)21/h16-17,19H,3-15H2,1-2H3,(H,20,21)/t16-,17+/m1/s1. The fourth-order valence-corrected chi connectivity index (χ4v) is 4.12. The molecule has 0 aromatic carbocycles. The minimum absolute atomic E-state index is 0.186. The first-order valence-corrected chi connectivity index (χ1v) is 11.3. The van der Waals surface area contributed by atoms with Gasteiger partial charge in [-0.25, -0.2) is 8.42 Å². The predicted octanol–water partition coefficient (Wildman–Crippen LogP) is 3.94. The van der Waals surface area contributed by atoms with E-state index in [1.54, 1.807) is 0 Å². The van der Waals surface area contributed by atoms with Crippen LogP contribution in [-0.4, -0.2) is 42.2 Å². The highest BCUT2D eigenvalue weighted by Gasteiger charge is 2.20. The molecule has 0 spiro atoms. The molecule has 0 fully saturated rings. The minimum atomic E-state index is -3.07. The van der Waals surface area contributed by atoms with Crippen molar-refractivity contribution in [2.24, 2.45) is 0 Å². The van der Waals surface area contributed by atoms with Gasteiger partial charge in [-0.1, -0.05) is 45.4 Å². The highest BCUT2D eigenvalue weighted by atomic mass is 32.2. The molecule has 24 heavy (non-hydrogen) atoms. The van der Waals surface area contributed by atoms with Crippen molar-refractivity contribution in [2.75, 3.05) is 6.26 Å². The van der Waals surface area contributed by atoms with E-state index in [1.165, 1.54) is 6.26 Å². The van der Waals surface area contributed by atoms with Gasteiger partial charge in [-0.2, -0.15) is 0 Å². The van der Waals surface area contributed by atoms with E-state index >= 15 is 0 Å². The van der Waals surface area contributed by atoms with E-state index < -0.39 is 15.8 Å². The van der Waals surface area contributed by atoms with E-state index in [-0.39, 0.29) is 17.8 Å². The monoisotopic (exact) mass is 364 g/mol. The summed E-state index contributed by atoms with van der Waals surface area (Å²) in [6, 6.07) is 0. The zero-order valence-corrected chi connectivity index (χ0v) is 16.2. The maximum atomic E-state index is 11.9. The van der Waals surface area contributed by atoms with Gasteiger partial charge in [-0.3, -0.25) is 4.79 Å². The van der Waals surface area contributed by atoms with Crippen molar-refractivity contribution in [1.29, 1.82) is 0 Å². The quantitative estimate of drug-likeness (QED) is 0.405. The van der Waals surface area contributed by atoms with E-state index in [4.69, 9.17) is 5.11 Å². The van der Waals surface area contributed by atoms with Gasteiger partial charge in [0, 0.05) is 12.7 Å². The third-order valence-corrected chi connectivity index (χ3v) is 6.16. The number of rotatable bonds is 16. The van der Waals surface area contributed by atoms with Crippen LogP contribution in [0.25, 0.3) is 0 Å². The lowest BCUT2D eigenvalue weighted by Gasteiger charge is -2.16. The number of aliphatic hydroxyl groups is 1. The van der Waals surface area contributed by atoms with Gasteiger partial charge in [-0.05, 0) is 38.5 Å². The van der Waals surface area contributed by atoms with E-state index in [0.29, 0.717) is 25.7 Å². The number of carboxylic acid groups (broad SMARTS) is 1. The number of hydrogen-bond acceptors (Lipinski definition) is 4. The van der Waals surface area contributed by atoms with Gasteiger partial charge < -0.3 is 10.2 Å². The van der Waals surface area contributed by atoms with Crippen LogP contribution < -0.4 is 0 Å². The molecule has 0 amide bonds. The second-order valence-electron chi connectivity index (χ2n) is 6.88. The van der Waals surface area contributed by atoms with Crippen LogP contribution in [0.4, 0.5) is 0 Å². The molecule has 0 heterocycles. The molecule has 0 aromatic heterocycles. The number of carbonyl (C=O) groups is 1. The second-order valence-corrected chi connectivity index (χ2v) is 9.20. The number of sulfone groups is 1. The predicted molar refractivity (Wildman–Crippen MR) is 98.0 cm³/mol. The van der Waals surface area contributed by atoms with Crippen LogP contribution >= 0.6 is 0 Å². The van der Waals surface area contributed by atoms with E-state index in [2.05, 4.69) is 6.92 Å². The Morgan fingerprint density at radius 2 is 1.42 bits per heavy atom. The van der Waals surface area contributed by atoms with E-state index in [9.17, 15) is 18.3 Å². The van der Waals surface area contributed by atoms with Crippen molar-refractivity contribution in [1.82, 2.24) is 0 Å². The lowest BCUT2D eigenvalue weighted by molar-refractivity contribution is -0.137. The summed E-state index contributed by atoms with van der Waals surface area (Å²) in [6.45, 7) is 2.13. The molecule has 6 heteroatoms. The van der Waals surface area contributed by atoms with Gasteiger partial charge in [0.05, 0.1) is 11.4 Å². The molecule has 0 aliphatic rings. The van der Waals surface area contributed by atoms with Crippen molar-refractivity contribution in [3.8, 4) is 0 Å². The molecule has 0 radical (unpaired) electrons. The molecular formula is C18H36O5S. The van der Waals surface area contributed by atoms with Crippen molar-refractivity contribution in [3.05, 3.63) is 0 Å². The summed E-state index contributed by atoms with van der Waals surface area (Å²) in [5.41, 5.74) is 0. The van der Waals surface area contributed by atoms with Crippen molar-refractivity contribution < 1.29 is 23.4 Å². The van der Waals surface area contributed by atoms with Gasteiger partial charge in [0.15, 0.2) is 0 Å². The first-order chi connectivity index (χ1) is 11.3. The van der Waals surface area contributed by atoms with Crippen LogP contribution in [0.3, 0.4) is 0 Å². The molecule has 0 unspecified atom stereocenters. The van der Waals surface area contributed by atoms with Crippen molar-refractivity contribution in [3.63, 3.8) is 0 Å². The van der Waals surface area contributed by atoms with E-state index in [1.807, 2.05) is 0 Å². The summed E-state index contributed by atoms with van der Waals surface area (Å²) >= 11 is 0. The number of aliphatic carboxylic acids is 1. The normalized spacial score (nSPS) is 14.5. The Kier molecular flexibility index (Phi) is 13.3. The van der Waals surface area contributed by atoms with E-state index in [0.717, 1.165) is 51.4 Å². The highest BCUT2D eigenvalue weighted by Crippen LogP contribution is 2.19. The van der Waals surface area contributed by atoms with Gasteiger partial charge >= 0.3 is 5.97 Å². The molecule has 5 nitrogen and oxygen atoms in total. The van der Waals surface area contributed by atoms with Crippen molar-refractivity contribution >= 4 is 15.8 Å². The molecule has 2 atom stereocenters. The summed E-state index contributed by atoms with van der Waals surface area (Å²) in [5, 5.41) is 18.2. The Morgan fingerprint density at radius 3 is 2.00 bits per heavy atom. The SMILES string of the molecule is CCCCC[C@@H](O)CCC[C@H](CCCCCCC(=O)O)S(C)(=O)=O. The third kappa shape index (κ3) is 13.8. The molecule has 0 rings (SSSR count). The third-order valence-electron chi connectivity index (χ3n) is 4.48. The molecule has 0 aromatic rings. The summed E-state index contributed by atoms with van der Waals surface area (Å²) < 4.78 is 23.8. The first-order valence-electron chi connectivity index (χ1n) is 9.36. The number of carboxylic acids is 1. The van der Waals surface area contributed by atoms with Crippen molar-refractivity contribution in [2.45, 2.75) is 102 Å². The van der Waals surface area contributed by atoms with Crippen LogP contribution in [0.5, 0.6) is 0 Å². The summed E-state index contributed by atoms with van der Waals surface area (Å²) in [4.78, 5) is 10.4. The molecule has 0 saturated carbocycles. The topological polar surface area (TPSA) is 91.7 Å². The van der Waals surface area contributed by atoms with Gasteiger partial charge in [0.25, 0.3) is 0 Å². The lowest BCUT2D eigenvalue weighted by Crippen LogP contribution is -2.20. The Labute approximate surface area is 147 Å². The Morgan fingerprint density at radius 1 is 0.875 bits per heavy atom. The Balaban J connectivity index is 3.96. The smallest absolute Gasteiger partial charge is 0.303 e. The molecule has 0 bridgehead atoms. The molecular weight excluding hydrogens is 328 g/mol. The average Bonchev–Trinajstić information content (AvgIpc) is 2.47. The first kappa shape index (κ1) is 23.4. The number of aliphatic hydroxyl groups excluding tert-OH is 1. The Hall–Kier alpha value is -0.620. The van der Waals surface area contributed by atoms with Gasteiger partial charge in [-0.15, -0.1) is 0 Å². The van der Waals surface area contributed by atoms with Crippen LogP contribution in [0.1, 0.15) is 90.4 Å². The summed E-state index contributed by atoms with van der Waals surface area (Å²) in [7, 11) is -3.07. The lowest BCUT2D eigenvalue weighted by atomic mass is 10.0. The molecule has 2 N–H and O–H groups in total. The summed E-state index contributed by atoms with van der Waals surface area (Å²) in [6.07, 6.45) is 11.1. The van der Waals surface area contributed by atoms with Crippen LogP contribution in [0.2, 0.25) is 0 Å².